The van der Waals surface area contributed by atoms with Crippen LogP contribution in [0.1, 0.15) is 30.3 Å². The van der Waals surface area contributed by atoms with Crippen LogP contribution < -0.4 is 5.73 Å². The number of aryl methyl sites for hydroxylation is 2. The third kappa shape index (κ3) is 3.33. The summed E-state index contributed by atoms with van der Waals surface area (Å²) in [5, 5.41) is 4.16. The highest BCUT2D eigenvalue weighted by Gasteiger charge is 2.21. The number of nitrogen functional groups attached to an aromatic ring is 1. The van der Waals surface area contributed by atoms with E-state index >= 15 is 0 Å². The van der Waals surface area contributed by atoms with E-state index in [2.05, 4.69) is 22.0 Å². The fourth-order valence-electron chi connectivity index (χ4n) is 3.18. The average Bonchev–Trinajstić information content (AvgIpc) is 2.76. The molecule has 0 aliphatic carbocycles. The Morgan fingerprint density at radius 2 is 2.17 bits per heavy atom. The molecule has 1 aliphatic rings. The molecule has 1 atom stereocenters. The Bertz CT molecular complexity index is 757. The molecule has 2 N–H and O–H groups in total. The molecule has 2 aromatic rings. The van der Waals surface area contributed by atoms with Gasteiger partial charge in [0.2, 0.25) is 11.9 Å². The fourth-order valence-corrected chi connectivity index (χ4v) is 3.18. The van der Waals surface area contributed by atoms with Crippen molar-refractivity contribution in [1.82, 2.24) is 24.5 Å². The summed E-state index contributed by atoms with van der Waals surface area (Å²) in [5.74, 6) is 1.23. The molecule has 1 saturated heterocycles. The minimum Gasteiger partial charge on any atom is -0.379 e. The summed E-state index contributed by atoms with van der Waals surface area (Å²) < 4.78 is 7.15. The summed E-state index contributed by atoms with van der Waals surface area (Å²) >= 11 is 0. The van der Waals surface area contributed by atoms with E-state index in [4.69, 9.17) is 10.5 Å². The molecule has 0 radical (unpaired) electrons. The van der Waals surface area contributed by atoms with Gasteiger partial charge in [0, 0.05) is 30.9 Å². The van der Waals surface area contributed by atoms with Crippen molar-refractivity contribution in [1.29, 1.82) is 0 Å². The van der Waals surface area contributed by atoms with Crippen molar-refractivity contribution in [2.45, 2.75) is 33.6 Å². The zero-order valence-electron chi connectivity index (χ0n) is 14.4. The molecule has 0 saturated carbocycles. The molecule has 2 aromatic heterocycles. The number of amides is 1. The highest BCUT2D eigenvalue weighted by molar-refractivity contribution is 5.76. The third-order valence-corrected chi connectivity index (χ3v) is 4.45. The molecule has 0 aromatic carbocycles. The quantitative estimate of drug-likeness (QED) is 0.890. The summed E-state index contributed by atoms with van der Waals surface area (Å²) in [5.41, 5.74) is 8.48. The second-order valence-electron chi connectivity index (χ2n) is 6.46. The van der Waals surface area contributed by atoms with Gasteiger partial charge in [0.05, 0.1) is 13.2 Å². The molecule has 0 spiro atoms. The highest BCUT2D eigenvalue weighted by atomic mass is 16.5. The van der Waals surface area contributed by atoms with Gasteiger partial charge in [-0.05, 0) is 31.7 Å². The molecule has 3 rings (SSSR count). The topological polar surface area (TPSA) is 98.6 Å². The van der Waals surface area contributed by atoms with Crippen LogP contribution in [0.2, 0.25) is 0 Å². The molecule has 1 aliphatic heterocycles. The number of ether oxygens (including phenoxy) is 1. The van der Waals surface area contributed by atoms with Gasteiger partial charge in [-0.25, -0.2) is 4.98 Å². The molecule has 0 bridgehead atoms. The van der Waals surface area contributed by atoms with Gasteiger partial charge >= 0.3 is 0 Å². The summed E-state index contributed by atoms with van der Waals surface area (Å²) in [6.07, 6.45) is 1.08. The van der Waals surface area contributed by atoms with Crippen LogP contribution in [-0.2, 0) is 16.0 Å². The summed E-state index contributed by atoms with van der Waals surface area (Å²) in [7, 11) is 0. The number of anilines is 1. The normalized spacial score (nSPS) is 18.8. The lowest BCUT2D eigenvalue weighted by Gasteiger charge is -2.22. The lowest BCUT2D eigenvalue weighted by atomic mass is 10.1. The zero-order chi connectivity index (χ0) is 17.3. The zero-order valence-corrected chi connectivity index (χ0v) is 14.4. The Morgan fingerprint density at radius 3 is 2.96 bits per heavy atom. The summed E-state index contributed by atoms with van der Waals surface area (Å²) in [6.45, 7) is 8.74. The first-order chi connectivity index (χ1) is 11.5. The molecule has 24 heavy (non-hydrogen) atoms. The first-order valence-electron chi connectivity index (χ1n) is 8.29. The van der Waals surface area contributed by atoms with Crippen molar-refractivity contribution >= 4 is 17.6 Å². The summed E-state index contributed by atoms with van der Waals surface area (Å²) in [6, 6.07) is 0. The SMILES string of the molecule is Cc1nc2nc(N)nn2c(C)c1CCC(=O)N1CCOCC(C)C1. The van der Waals surface area contributed by atoms with Crippen LogP contribution in [0, 0.1) is 19.8 Å². The molecule has 1 amide bonds. The highest BCUT2D eigenvalue weighted by Crippen LogP contribution is 2.17. The van der Waals surface area contributed by atoms with E-state index in [-0.39, 0.29) is 11.9 Å². The van der Waals surface area contributed by atoms with Crippen molar-refractivity contribution in [2.75, 3.05) is 32.0 Å². The Morgan fingerprint density at radius 1 is 1.38 bits per heavy atom. The first kappa shape index (κ1) is 16.6. The Hall–Kier alpha value is -2.22. The van der Waals surface area contributed by atoms with E-state index < -0.39 is 0 Å². The lowest BCUT2D eigenvalue weighted by Crippen LogP contribution is -2.35. The standard InChI is InChI=1S/C16H24N6O2/c1-10-8-21(6-7-24-9-10)14(23)5-4-13-11(2)18-16-19-15(17)20-22(16)12(13)3/h10H,4-9H2,1-3H3,(H2,17,20). The van der Waals surface area contributed by atoms with Crippen LogP contribution in [0.3, 0.4) is 0 Å². The van der Waals surface area contributed by atoms with Gasteiger partial charge in [0.15, 0.2) is 0 Å². The van der Waals surface area contributed by atoms with Gasteiger partial charge < -0.3 is 15.4 Å². The van der Waals surface area contributed by atoms with Crippen LogP contribution in [0.15, 0.2) is 0 Å². The van der Waals surface area contributed by atoms with Crippen LogP contribution in [0.25, 0.3) is 5.78 Å². The van der Waals surface area contributed by atoms with Gasteiger partial charge in [0.1, 0.15) is 0 Å². The minimum atomic E-state index is 0.157. The smallest absolute Gasteiger partial charge is 0.254 e. The van der Waals surface area contributed by atoms with Crippen LogP contribution in [0.4, 0.5) is 5.95 Å². The number of rotatable bonds is 3. The predicted octanol–water partition coefficient (Wildman–Crippen LogP) is 0.751. The number of nitrogens with zero attached hydrogens (tertiary/aromatic N) is 5. The minimum absolute atomic E-state index is 0.157. The van der Waals surface area contributed by atoms with E-state index in [0.717, 1.165) is 30.1 Å². The predicted molar refractivity (Wildman–Crippen MR) is 89.6 cm³/mol. The number of carbonyl (C=O) groups excluding carboxylic acids is 1. The molecule has 8 nitrogen and oxygen atoms in total. The van der Waals surface area contributed by atoms with Gasteiger partial charge in [-0.2, -0.15) is 9.50 Å². The molecule has 130 valence electrons. The van der Waals surface area contributed by atoms with Crippen LogP contribution >= 0.6 is 0 Å². The summed E-state index contributed by atoms with van der Waals surface area (Å²) in [4.78, 5) is 23.0. The largest absolute Gasteiger partial charge is 0.379 e. The molecule has 3 heterocycles. The van der Waals surface area contributed by atoms with Crippen molar-refractivity contribution in [3.05, 3.63) is 17.0 Å². The van der Waals surface area contributed by atoms with Gasteiger partial charge in [-0.3, -0.25) is 4.79 Å². The maximum Gasteiger partial charge on any atom is 0.254 e. The van der Waals surface area contributed by atoms with Crippen molar-refractivity contribution in [3.8, 4) is 0 Å². The van der Waals surface area contributed by atoms with Crippen LogP contribution in [0.5, 0.6) is 0 Å². The Labute approximate surface area is 141 Å². The van der Waals surface area contributed by atoms with Gasteiger partial charge in [-0.15, -0.1) is 5.10 Å². The number of hydrogen-bond donors (Lipinski definition) is 1. The molecule has 1 unspecified atom stereocenters. The van der Waals surface area contributed by atoms with Crippen LogP contribution in [-0.4, -0.2) is 56.7 Å². The second kappa shape index (κ2) is 6.72. The van der Waals surface area contributed by atoms with E-state index in [1.165, 1.54) is 0 Å². The van der Waals surface area contributed by atoms with E-state index in [1.807, 2.05) is 18.7 Å². The number of fused-ring (bicyclic) bond motifs is 1. The maximum absolute atomic E-state index is 12.6. The number of aromatic nitrogens is 4. The molecule has 8 heteroatoms. The molecule has 1 fully saturated rings. The van der Waals surface area contributed by atoms with Crippen molar-refractivity contribution < 1.29 is 9.53 Å². The van der Waals surface area contributed by atoms with Gasteiger partial charge in [0.25, 0.3) is 5.78 Å². The Kier molecular flexibility index (Phi) is 4.66. The number of carbonyl (C=O) groups is 1. The van der Waals surface area contributed by atoms with Crippen molar-refractivity contribution in [3.63, 3.8) is 0 Å². The second-order valence-corrected chi connectivity index (χ2v) is 6.46. The maximum atomic E-state index is 12.6. The van der Waals surface area contributed by atoms with E-state index in [9.17, 15) is 4.79 Å². The average molecular weight is 332 g/mol. The Balaban J connectivity index is 1.74. The monoisotopic (exact) mass is 332 g/mol. The first-order valence-corrected chi connectivity index (χ1v) is 8.29. The lowest BCUT2D eigenvalue weighted by molar-refractivity contribution is -0.131. The van der Waals surface area contributed by atoms with Crippen molar-refractivity contribution in [2.24, 2.45) is 5.92 Å². The molecular formula is C16H24N6O2. The molecular weight excluding hydrogens is 308 g/mol. The van der Waals surface area contributed by atoms with E-state index in [0.29, 0.717) is 37.7 Å². The number of nitrogens with two attached hydrogens (primary N) is 1. The van der Waals surface area contributed by atoms with E-state index in [1.54, 1.807) is 4.52 Å². The fraction of sp³-hybridized carbons (Fsp3) is 0.625. The number of hydrogen-bond acceptors (Lipinski definition) is 6. The van der Waals surface area contributed by atoms with Gasteiger partial charge in [-0.1, -0.05) is 6.92 Å². The third-order valence-electron chi connectivity index (χ3n) is 4.45.